The molecular formula is C40H34ClN3O4S. The van der Waals surface area contributed by atoms with Crippen LogP contribution in [0.3, 0.4) is 0 Å². The Morgan fingerprint density at radius 1 is 0.939 bits per heavy atom. The van der Waals surface area contributed by atoms with Crippen LogP contribution in [-0.4, -0.2) is 33.5 Å². The molecule has 0 fully saturated rings. The fourth-order valence-corrected chi connectivity index (χ4v) is 5.96. The Bertz CT molecular complexity index is 1900. The van der Waals surface area contributed by atoms with E-state index in [1.807, 2.05) is 78.9 Å². The van der Waals surface area contributed by atoms with E-state index in [1.54, 1.807) is 61.6 Å². The molecule has 49 heavy (non-hydrogen) atoms. The number of hydrogen-bond acceptors (Lipinski definition) is 5. The first-order chi connectivity index (χ1) is 23.9. The van der Waals surface area contributed by atoms with E-state index in [2.05, 4.69) is 16.9 Å². The zero-order chi connectivity index (χ0) is 34.6. The van der Waals surface area contributed by atoms with Gasteiger partial charge in [-0.3, -0.25) is 19.3 Å². The topological polar surface area (TPSA) is 88.1 Å². The molecule has 1 aliphatic rings. The van der Waals surface area contributed by atoms with Gasteiger partial charge in [0.2, 0.25) is 5.91 Å². The summed E-state index contributed by atoms with van der Waals surface area (Å²) in [7, 11) is 0. The van der Waals surface area contributed by atoms with Crippen LogP contribution in [-0.2, 0) is 21.0 Å². The Balaban J connectivity index is 1.40. The van der Waals surface area contributed by atoms with E-state index in [0.29, 0.717) is 22.0 Å². The molecule has 0 radical (unpaired) electrons. The highest BCUT2D eigenvalue weighted by atomic mass is 35.5. The van der Waals surface area contributed by atoms with Crippen LogP contribution in [0.25, 0.3) is 6.08 Å². The van der Waals surface area contributed by atoms with Crippen molar-refractivity contribution < 1.29 is 19.1 Å². The molecule has 246 valence electrons. The van der Waals surface area contributed by atoms with Crippen LogP contribution in [0.1, 0.15) is 35.2 Å². The molecule has 9 heteroatoms. The van der Waals surface area contributed by atoms with Gasteiger partial charge in [-0.2, -0.15) is 4.99 Å². The predicted molar refractivity (Wildman–Crippen MR) is 198 cm³/mol. The first kappa shape index (κ1) is 34.9. The van der Waals surface area contributed by atoms with Crippen molar-refractivity contribution in [3.8, 4) is 5.75 Å². The van der Waals surface area contributed by atoms with E-state index in [4.69, 9.17) is 16.3 Å². The number of ether oxygens (including phenoxy) is 1. The quantitative estimate of drug-likeness (QED) is 0.0920. The number of amides is 3. The predicted octanol–water partition coefficient (Wildman–Crippen LogP) is 8.31. The zero-order valence-electron chi connectivity index (χ0n) is 26.8. The van der Waals surface area contributed by atoms with Gasteiger partial charge >= 0.3 is 0 Å². The third-order valence-electron chi connectivity index (χ3n) is 7.44. The number of allylic oxidation sites excluding steroid dienone is 4. The molecule has 1 heterocycles. The molecule has 1 aliphatic heterocycles. The molecule has 0 spiro atoms. The number of carbonyl (C=O) groups is 3. The lowest BCUT2D eigenvalue weighted by Gasteiger charge is -2.28. The normalized spacial score (nSPS) is 14.3. The Kier molecular flexibility index (Phi) is 12.2. The molecule has 0 aromatic heterocycles. The Hall–Kier alpha value is -5.44. The van der Waals surface area contributed by atoms with Crippen LogP contribution in [0.15, 0.2) is 156 Å². The number of aliphatic imine (C=N–C) groups is 1. The second-order valence-electron chi connectivity index (χ2n) is 10.8. The Morgan fingerprint density at radius 2 is 1.57 bits per heavy atom. The Labute approximate surface area is 295 Å². The minimum atomic E-state index is -0.716. The first-order valence-corrected chi connectivity index (χ1v) is 16.9. The van der Waals surface area contributed by atoms with Gasteiger partial charge in [0.05, 0.1) is 11.8 Å². The van der Waals surface area contributed by atoms with Crippen LogP contribution >= 0.6 is 23.4 Å². The number of para-hydroxylation sites is 1. The molecule has 0 atom stereocenters. The lowest BCUT2D eigenvalue weighted by molar-refractivity contribution is -0.126. The molecule has 0 bridgehead atoms. The van der Waals surface area contributed by atoms with Gasteiger partial charge in [-0.15, -0.1) is 0 Å². The number of thioether (sulfide) groups is 1. The summed E-state index contributed by atoms with van der Waals surface area (Å²) in [5.41, 5.74) is 3.61. The number of halogens is 1. The molecule has 0 aliphatic carbocycles. The first-order valence-electron chi connectivity index (χ1n) is 15.5. The number of amidine groups is 1. The summed E-state index contributed by atoms with van der Waals surface area (Å²) < 4.78 is 6.06. The second kappa shape index (κ2) is 17.1. The van der Waals surface area contributed by atoms with E-state index in [-0.39, 0.29) is 35.0 Å². The Morgan fingerprint density at radius 3 is 2.20 bits per heavy atom. The molecule has 7 nitrogen and oxygen atoms in total. The summed E-state index contributed by atoms with van der Waals surface area (Å²) in [6, 6.07) is 33.4. The average Bonchev–Trinajstić information content (AvgIpc) is 3.13. The molecule has 0 saturated carbocycles. The maximum atomic E-state index is 14.1. The highest BCUT2D eigenvalue weighted by Gasteiger charge is 2.35. The number of hydrogen-bond donors (Lipinski definition) is 1. The maximum absolute atomic E-state index is 14.1. The van der Waals surface area contributed by atoms with Gasteiger partial charge in [0, 0.05) is 16.3 Å². The molecule has 0 unspecified atom stereocenters. The van der Waals surface area contributed by atoms with E-state index in [0.717, 1.165) is 28.5 Å². The highest BCUT2D eigenvalue weighted by molar-refractivity contribution is 8.14. The van der Waals surface area contributed by atoms with Crippen molar-refractivity contribution in [3.63, 3.8) is 0 Å². The summed E-state index contributed by atoms with van der Waals surface area (Å²) in [4.78, 5) is 46.6. The third kappa shape index (κ3) is 9.13. The van der Waals surface area contributed by atoms with E-state index in [1.165, 1.54) is 11.0 Å². The third-order valence-corrected chi connectivity index (χ3v) is 8.63. The SMILES string of the molecule is C=C/C=C\C(=C/C)N1C(=O)/C(=C/c2ccccc2OCc2ccc(Cl)cc2)C(=O)N=C1SCC(=O)NC(c1ccccc1)c1ccccc1. The molecule has 4 aromatic carbocycles. The fraction of sp³-hybridized carbons (Fsp3) is 0.100. The lowest BCUT2D eigenvalue weighted by Crippen LogP contribution is -2.42. The van der Waals surface area contributed by atoms with Crippen LogP contribution in [0.4, 0.5) is 0 Å². The maximum Gasteiger partial charge on any atom is 0.285 e. The van der Waals surface area contributed by atoms with Crippen molar-refractivity contribution in [2.24, 2.45) is 4.99 Å². The average molecular weight is 688 g/mol. The van der Waals surface area contributed by atoms with E-state index < -0.39 is 11.8 Å². The summed E-state index contributed by atoms with van der Waals surface area (Å²) in [6.45, 7) is 5.77. The fourth-order valence-electron chi connectivity index (χ4n) is 5.02. The highest BCUT2D eigenvalue weighted by Crippen LogP contribution is 2.29. The molecule has 3 amide bonds. The minimum Gasteiger partial charge on any atom is -0.488 e. The number of nitrogens with one attached hydrogen (secondary N) is 1. The summed E-state index contributed by atoms with van der Waals surface area (Å²) >= 11 is 7.02. The summed E-state index contributed by atoms with van der Waals surface area (Å²) in [5.74, 6) is -1.19. The largest absolute Gasteiger partial charge is 0.488 e. The van der Waals surface area contributed by atoms with E-state index >= 15 is 0 Å². The number of nitrogens with zero attached hydrogens (tertiary/aromatic N) is 2. The number of rotatable bonds is 12. The minimum absolute atomic E-state index is 0.0886. The molecule has 4 aromatic rings. The van der Waals surface area contributed by atoms with Crippen LogP contribution in [0.5, 0.6) is 5.75 Å². The lowest BCUT2D eigenvalue weighted by atomic mass is 9.99. The zero-order valence-corrected chi connectivity index (χ0v) is 28.4. The van der Waals surface area contributed by atoms with Crippen molar-refractivity contribution in [2.45, 2.75) is 19.6 Å². The summed E-state index contributed by atoms with van der Waals surface area (Å²) in [6.07, 6.45) is 8.17. The van der Waals surface area contributed by atoms with Gasteiger partial charge in [-0.1, -0.05) is 139 Å². The standard InChI is InChI=1S/C40H34ClN3O4S/c1-3-5-19-33(4-2)44-39(47)34(25-31-18-12-13-20-35(31)48-26-28-21-23-32(41)24-22-28)38(46)43-40(44)49-27-36(45)42-37(29-14-8-6-9-15-29)30-16-10-7-11-17-30/h3-25,37H,1,26-27H2,2H3,(H,42,45)/b19-5-,33-4+,34-25+. The van der Waals surface area contributed by atoms with Gasteiger partial charge in [0.1, 0.15) is 17.9 Å². The smallest absolute Gasteiger partial charge is 0.285 e. The van der Waals surface area contributed by atoms with Gasteiger partial charge in [-0.05, 0) is 54.0 Å². The van der Waals surface area contributed by atoms with Gasteiger partial charge in [0.25, 0.3) is 11.8 Å². The van der Waals surface area contributed by atoms with Gasteiger partial charge < -0.3 is 10.1 Å². The van der Waals surface area contributed by atoms with Crippen molar-refractivity contribution in [1.29, 1.82) is 0 Å². The van der Waals surface area contributed by atoms with Crippen molar-refractivity contribution >= 4 is 52.3 Å². The van der Waals surface area contributed by atoms with E-state index in [9.17, 15) is 14.4 Å². The molecule has 0 saturated heterocycles. The van der Waals surface area contributed by atoms with Crippen LogP contribution < -0.4 is 10.1 Å². The van der Waals surface area contributed by atoms with Crippen molar-refractivity contribution in [2.75, 3.05) is 5.75 Å². The van der Waals surface area contributed by atoms with Gasteiger partial charge in [-0.25, -0.2) is 0 Å². The molecule has 5 rings (SSSR count). The summed E-state index contributed by atoms with van der Waals surface area (Å²) in [5, 5.41) is 3.81. The number of benzene rings is 4. The van der Waals surface area contributed by atoms with Crippen LogP contribution in [0, 0.1) is 0 Å². The molecular weight excluding hydrogens is 654 g/mol. The van der Waals surface area contributed by atoms with Crippen LogP contribution in [0.2, 0.25) is 5.02 Å². The van der Waals surface area contributed by atoms with Crippen molar-refractivity contribution in [1.82, 2.24) is 10.2 Å². The monoisotopic (exact) mass is 687 g/mol. The second-order valence-corrected chi connectivity index (χ2v) is 12.1. The van der Waals surface area contributed by atoms with Gasteiger partial charge in [0.15, 0.2) is 5.17 Å². The van der Waals surface area contributed by atoms with Crippen molar-refractivity contribution in [3.05, 3.63) is 179 Å². The molecule has 1 N–H and O–H groups in total. The number of carbonyl (C=O) groups excluding carboxylic acids is 3.